The summed E-state index contributed by atoms with van der Waals surface area (Å²) in [6.45, 7) is 0.105. The predicted octanol–water partition coefficient (Wildman–Crippen LogP) is 6.19. The van der Waals surface area contributed by atoms with Crippen molar-refractivity contribution in [3.63, 3.8) is 0 Å². The molecule has 12 heteroatoms. The van der Waals surface area contributed by atoms with Crippen LogP contribution in [-0.2, 0) is 9.47 Å². The van der Waals surface area contributed by atoms with Crippen molar-refractivity contribution in [2.75, 3.05) is 34.9 Å². The van der Waals surface area contributed by atoms with Crippen molar-refractivity contribution < 1.29 is 53.3 Å². The number of rotatable bonds is 8. The summed E-state index contributed by atoms with van der Waals surface area (Å²) in [7, 11) is 4.05. The van der Waals surface area contributed by atoms with Gasteiger partial charge in [-0.15, -0.1) is 12.4 Å². The van der Waals surface area contributed by atoms with E-state index in [1.165, 1.54) is 20.3 Å². The van der Waals surface area contributed by atoms with Crippen LogP contribution in [0.5, 0.6) is 34.5 Å². The molecule has 0 saturated carbocycles. The van der Waals surface area contributed by atoms with Gasteiger partial charge in [-0.05, 0) is 11.1 Å². The highest BCUT2D eigenvalue weighted by atomic mass is 35.5. The van der Waals surface area contributed by atoms with E-state index in [1.807, 2.05) is 60.7 Å². The molecule has 2 atom stereocenters. The Labute approximate surface area is 278 Å². The lowest BCUT2D eigenvalue weighted by Crippen LogP contribution is -2.21. The summed E-state index contributed by atoms with van der Waals surface area (Å²) in [6.07, 6.45) is -0.301. The quantitative estimate of drug-likeness (QED) is 0.184. The molecule has 11 nitrogen and oxygen atoms in total. The lowest BCUT2D eigenvalue weighted by molar-refractivity contribution is 0.0439. The number of halogens is 1. The number of phenolic OH excluding ortho intramolecular Hbond substituents is 2. The van der Waals surface area contributed by atoms with Gasteiger partial charge in [0.1, 0.15) is 57.8 Å². The van der Waals surface area contributed by atoms with Crippen molar-refractivity contribution >= 4 is 24.0 Å². The number of aromatic hydroxyl groups is 2. The Balaban J connectivity index is 0.000000245. The van der Waals surface area contributed by atoms with Gasteiger partial charge in [0, 0.05) is 45.6 Å². The number of benzene rings is 4. The molecular formula is C35H37ClO11. The van der Waals surface area contributed by atoms with E-state index < -0.39 is 0 Å². The lowest BCUT2D eigenvalue weighted by Gasteiger charge is -2.27. The molecule has 47 heavy (non-hydrogen) atoms. The second kappa shape index (κ2) is 17.8. The number of hydrogen-bond donors (Lipinski definition) is 3. The fourth-order valence-electron chi connectivity index (χ4n) is 4.98. The van der Waals surface area contributed by atoms with Crippen LogP contribution in [0.4, 0.5) is 0 Å². The van der Waals surface area contributed by atoms with Crippen LogP contribution in [0.25, 0.3) is 0 Å². The molecule has 2 aliphatic rings. The van der Waals surface area contributed by atoms with Crippen molar-refractivity contribution in [3.05, 3.63) is 107 Å². The highest BCUT2D eigenvalue weighted by molar-refractivity contribution is 6.03. The SMILES string of the molecule is CO.COCOc1cc(OCOC)c2c(c1)O[C@H](c1ccccc1)CC2=O.Cl.O=C1C[C@@H](c2ccccc2)Oc2cc(O)cc(O)c21. The number of fused-ring (bicyclic) bond motifs is 2. The van der Waals surface area contributed by atoms with Crippen LogP contribution >= 0.6 is 12.4 Å². The monoisotopic (exact) mass is 668 g/mol. The van der Waals surface area contributed by atoms with E-state index in [2.05, 4.69) is 0 Å². The highest BCUT2D eigenvalue weighted by Gasteiger charge is 2.32. The van der Waals surface area contributed by atoms with Crippen LogP contribution in [0.3, 0.4) is 0 Å². The third kappa shape index (κ3) is 9.14. The molecule has 0 unspecified atom stereocenters. The number of phenols is 2. The Morgan fingerprint density at radius 2 is 1.17 bits per heavy atom. The van der Waals surface area contributed by atoms with E-state index >= 15 is 0 Å². The molecule has 0 radical (unpaired) electrons. The number of carbonyl (C=O) groups is 2. The average Bonchev–Trinajstić information content (AvgIpc) is 3.07. The standard InChI is InChI=1S/C19H20O6.C15H12O4.CH4O.ClH/c1-21-11-23-14-8-17(24-12-22-2)19-15(20)10-16(25-18(19)9-14)13-6-4-3-5-7-13;16-10-6-11(17)15-12(18)8-13(19-14(15)7-10)9-4-2-1-3-5-9;1-2;/h3-9,16H,10-12H2,1-2H3;1-7,13,16-17H,8H2;2H,1H3;1H/t16-;13-;;/m00../s1. The van der Waals surface area contributed by atoms with E-state index in [4.69, 9.17) is 33.5 Å². The third-order valence-electron chi connectivity index (χ3n) is 6.96. The van der Waals surface area contributed by atoms with E-state index in [1.54, 1.807) is 12.1 Å². The fraction of sp³-hybridized carbons (Fsp3) is 0.257. The van der Waals surface area contributed by atoms with Gasteiger partial charge < -0.3 is 43.7 Å². The Morgan fingerprint density at radius 1 is 0.681 bits per heavy atom. The molecule has 0 fully saturated rings. The van der Waals surface area contributed by atoms with Gasteiger partial charge >= 0.3 is 0 Å². The van der Waals surface area contributed by atoms with E-state index in [0.29, 0.717) is 22.8 Å². The smallest absolute Gasteiger partial charge is 0.188 e. The molecule has 0 spiro atoms. The number of ketones is 2. The third-order valence-corrected chi connectivity index (χ3v) is 6.96. The van der Waals surface area contributed by atoms with Gasteiger partial charge in [0.15, 0.2) is 25.2 Å². The van der Waals surface area contributed by atoms with Gasteiger partial charge in [0.05, 0.1) is 12.8 Å². The zero-order chi connectivity index (χ0) is 33.1. The van der Waals surface area contributed by atoms with Gasteiger partial charge in [0.25, 0.3) is 0 Å². The van der Waals surface area contributed by atoms with Crippen LogP contribution in [-0.4, -0.2) is 61.8 Å². The molecule has 2 heterocycles. The first kappa shape index (κ1) is 36.7. The molecule has 0 bridgehead atoms. The first-order chi connectivity index (χ1) is 22.4. The molecular weight excluding hydrogens is 632 g/mol. The fourth-order valence-corrected chi connectivity index (χ4v) is 4.98. The van der Waals surface area contributed by atoms with Gasteiger partial charge in [-0.3, -0.25) is 9.59 Å². The number of aliphatic hydroxyl groups is 1. The Bertz CT molecular complexity index is 1610. The first-order valence-electron chi connectivity index (χ1n) is 14.3. The van der Waals surface area contributed by atoms with Crippen molar-refractivity contribution in [1.82, 2.24) is 0 Å². The van der Waals surface area contributed by atoms with E-state index in [0.717, 1.165) is 24.3 Å². The van der Waals surface area contributed by atoms with E-state index in [9.17, 15) is 19.8 Å². The normalized spacial score (nSPS) is 15.8. The molecule has 4 aromatic carbocycles. The minimum Gasteiger partial charge on any atom is -0.508 e. The summed E-state index contributed by atoms with van der Waals surface area (Å²) in [5.41, 5.74) is 2.40. The molecule has 0 aromatic heterocycles. The first-order valence-corrected chi connectivity index (χ1v) is 14.3. The summed E-state index contributed by atoms with van der Waals surface area (Å²) in [4.78, 5) is 24.8. The van der Waals surface area contributed by atoms with E-state index in [-0.39, 0.29) is 85.4 Å². The molecule has 4 aromatic rings. The zero-order valence-corrected chi connectivity index (χ0v) is 26.9. The number of methoxy groups -OCH3 is 2. The van der Waals surface area contributed by atoms with Crippen LogP contribution in [0.2, 0.25) is 0 Å². The number of ether oxygens (including phenoxy) is 6. The summed E-state index contributed by atoms with van der Waals surface area (Å²) >= 11 is 0. The molecule has 2 aliphatic heterocycles. The van der Waals surface area contributed by atoms with Crippen LogP contribution in [0.1, 0.15) is 56.9 Å². The van der Waals surface area contributed by atoms with Crippen molar-refractivity contribution in [3.8, 4) is 34.5 Å². The van der Waals surface area contributed by atoms with Crippen molar-refractivity contribution in [2.24, 2.45) is 0 Å². The molecule has 6 rings (SSSR count). The highest BCUT2D eigenvalue weighted by Crippen LogP contribution is 2.43. The van der Waals surface area contributed by atoms with Crippen LogP contribution < -0.4 is 18.9 Å². The number of carbonyl (C=O) groups excluding carboxylic acids is 2. The summed E-state index contributed by atoms with van der Waals surface area (Å²) in [5.74, 6) is 0.930. The summed E-state index contributed by atoms with van der Waals surface area (Å²) < 4.78 is 32.7. The van der Waals surface area contributed by atoms with Crippen LogP contribution in [0.15, 0.2) is 84.9 Å². The van der Waals surface area contributed by atoms with Gasteiger partial charge in [-0.2, -0.15) is 0 Å². The Morgan fingerprint density at radius 3 is 1.70 bits per heavy atom. The predicted molar refractivity (Wildman–Crippen MR) is 174 cm³/mol. The van der Waals surface area contributed by atoms with Gasteiger partial charge in [-0.25, -0.2) is 0 Å². The second-order valence-corrected chi connectivity index (χ2v) is 10.0. The Kier molecular flexibility index (Phi) is 13.9. The maximum Gasteiger partial charge on any atom is 0.188 e. The largest absolute Gasteiger partial charge is 0.508 e. The molecule has 3 N–H and O–H groups in total. The zero-order valence-electron chi connectivity index (χ0n) is 26.1. The number of hydrogen-bond acceptors (Lipinski definition) is 11. The number of aliphatic hydroxyl groups excluding tert-OH is 1. The van der Waals surface area contributed by atoms with Crippen molar-refractivity contribution in [2.45, 2.75) is 25.0 Å². The Hall–Kier alpha value is -4.81. The lowest BCUT2D eigenvalue weighted by atomic mass is 9.95. The molecule has 0 saturated heterocycles. The molecule has 0 aliphatic carbocycles. The average molecular weight is 669 g/mol. The maximum absolute atomic E-state index is 12.7. The topological polar surface area (TPSA) is 150 Å². The van der Waals surface area contributed by atoms with Gasteiger partial charge in [-0.1, -0.05) is 60.7 Å². The molecule has 0 amide bonds. The summed E-state index contributed by atoms with van der Waals surface area (Å²) in [6, 6.07) is 24.9. The second-order valence-electron chi connectivity index (χ2n) is 10.0. The summed E-state index contributed by atoms with van der Waals surface area (Å²) in [5, 5.41) is 26.2. The van der Waals surface area contributed by atoms with Crippen LogP contribution in [0, 0.1) is 0 Å². The minimum atomic E-state index is -0.387. The number of Topliss-reactive ketones (excluding diaryl/α,β-unsaturated/α-hetero) is 2. The minimum absolute atomic E-state index is 0. The molecule has 250 valence electrons. The van der Waals surface area contributed by atoms with Gasteiger partial charge in [0.2, 0.25) is 0 Å². The maximum atomic E-state index is 12.7. The van der Waals surface area contributed by atoms with Crippen molar-refractivity contribution in [1.29, 1.82) is 0 Å².